The van der Waals surface area contributed by atoms with Crippen LogP contribution >= 0.6 is 0 Å². The van der Waals surface area contributed by atoms with Gasteiger partial charge in [-0.3, -0.25) is 9.79 Å². The van der Waals surface area contributed by atoms with E-state index >= 15 is 0 Å². The minimum absolute atomic E-state index is 0.0932. The third-order valence-corrected chi connectivity index (χ3v) is 5.10. The Kier molecular flexibility index (Phi) is 5.03. The topological polar surface area (TPSA) is 76.0 Å². The van der Waals surface area contributed by atoms with E-state index in [-0.39, 0.29) is 23.7 Å². The summed E-state index contributed by atoms with van der Waals surface area (Å²) in [4.78, 5) is 18.7. The first kappa shape index (κ1) is 19.7. The molecule has 3 aromatic rings. The molecule has 30 heavy (non-hydrogen) atoms. The van der Waals surface area contributed by atoms with Gasteiger partial charge in [0.25, 0.3) is 5.91 Å². The van der Waals surface area contributed by atoms with Crippen molar-refractivity contribution < 1.29 is 18.0 Å². The minimum Gasteiger partial charge on any atom is -0.400 e. The number of halogens is 3. The van der Waals surface area contributed by atoms with Gasteiger partial charge in [-0.25, -0.2) is 17.7 Å². The van der Waals surface area contributed by atoms with E-state index in [0.717, 1.165) is 12.1 Å². The van der Waals surface area contributed by atoms with Gasteiger partial charge in [-0.2, -0.15) is 5.10 Å². The Morgan fingerprint density at radius 1 is 1.20 bits per heavy atom. The van der Waals surface area contributed by atoms with Crippen LogP contribution in [0.5, 0.6) is 0 Å². The number of carbonyl (C=O) groups excluding carboxylic acids is 1. The third-order valence-electron chi connectivity index (χ3n) is 5.10. The maximum absolute atomic E-state index is 13.7. The molecule has 6 nitrogen and oxygen atoms in total. The quantitative estimate of drug-likeness (QED) is 0.530. The van der Waals surface area contributed by atoms with Gasteiger partial charge in [-0.1, -0.05) is 0 Å². The molecule has 3 heterocycles. The molecule has 0 unspecified atom stereocenters. The summed E-state index contributed by atoms with van der Waals surface area (Å²) in [6.45, 7) is 0.476. The van der Waals surface area contributed by atoms with Gasteiger partial charge in [0.15, 0.2) is 17.5 Å². The number of carbonyl (C=O) groups is 1. The number of benzene rings is 1. The monoisotopic (exact) mass is 413 g/mol. The van der Waals surface area contributed by atoms with Crippen LogP contribution in [-0.2, 0) is 0 Å². The highest BCUT2D eigenvalue weighted by atomic mass is 19.2. The lowest BCUT2D eigenvalue weighted by atomic mass is 9.94. The Balaban J connectivity index is 1.63. The van der Waals surface area contributed by atoms with E-state index in [1.807, 2.05) is 0 Å². The number of rotatable bonds is 3. The zero-order chi connectivity index (χ0) is 21.4. The number of hydrogen-bond donors (Lipinski definition) is 1. The molecule has 0 bridgehead atoms. The smallest absolute Gasteiger partial charge is 0.256 e. The van der Waals surface area contributed by atoms with Crippen LogP contribution in [0.4, 0.5) is 13.2 Å². The highest BCUT2D eigenvalue weighted by Crippen LogP contribution is 2.24. The molecule has 154 valence electrons. The molecule has 0 spiro atoms. The van der Waals surface area contributed by atoms with Crippen molar-refractivity contribution in [1.29, 1.82) is 0 Å². The van der Waals surface area contributed by atoms with Crippen LogP contribution in [0.25, 0.3) is 5.52 Å². The fraction of sp³-hybridized carbons (Fsp3) is 0.190. The number of nitrogens with zero attached hydrogens (tertiary/aromatic N) is 4. The van der Waals surface area contributed by atoms with Gasteiger partial charge in [-0.05, 0) is 36.8 Å². The fourth-order valence-electron chi connectivity index (χ4n) is 3.67. The number of hydrogen-bond acceptors (Lipinski definition) is 4. The van der Waals surface area contributed by atoms with Crippen molar-refractivity contribution in [3.63, 3.8) is 0 Å². The lowest BCUT2D eigenvalue weighted by molar-refractivity contribution is 0.0765. The van der Waals surface area contributed by atoms with Crippen LogP contribution in [0.2, 0.25) is 0 Å². The number of amides is 1. The molecule has 0 aliphatic carbocycles. The lowest BCUT2D eigenvalue weighted by Gasteiger charge is -2.30. The van der Waals surface area contributed by atoms with Crippen molar-refractivity contribution in [3.8, 4) is 0 Å². The summed E-state index contributed by atoms with van der Waals surface area (Å²) in [6, 6.07) is 6.98. The molecule has 1 aliphatic heterocycles. The van der Waals surface area contributed by atoms with Gasteiger partial charge < -0.3 is 10.6 Å². The van der Waals surface area contributed by atoms with E-state index in [2.05, 4.69) is 10.1 Å². The number of fused-ring (bicyclic) bond motifs is 1. The number of pyridine rings is 1. The zero-order valence-corrected chi connectivity index (χ0v) is 16.1. The zero-order valence-electron chi connectivity index (χ0n) is 16.1. The van der Waals surface area contributed by atoms with Crippen LogP contribution in [0.3, 0.4) is 0 Å². The summed E-state index contributed by atoms with van der Waals surface area (Å²) in [5.41, 5.74) is 8.71. The summed E-state index contributed by atoms with van der Waals surface area (Å²) in [5.74, 6) is -4.33. The van der Waals surface area contributed by atoms with Crippen LogP contribution in [-0.4, -0.2) is 46.3 Å². The van der Waals surface area contributed by atoms with E-state index in [1.54, 1.807) is 40.0 Å². The maximum atomic E-state index is 13.7. The summed E-state index contributed by atoms with van der Waals surface area (Å²) >= 11 is 0. The summed E-state index contributed by atoms with van der Waals surface area (Å²) in [7, 11) is 1.46. The predicted octanol–water partition coefficient (Wildman–Crippen LogP) is 2.93. The summed E-state index contributed by atoms with van der Waals surface area (Å²) in [5, 5.41) is 4.13. The van der Waals surface area contributed by atoms with E-state index in [1.165, 1.54) is 7.05 Å². The highest BCUT2D eigenvalue weighted by Gasteiger charge is 2.27. The van der Waals surface area contributed by atoms with Crippen LogP contribution in [0, 0.1) is 17.5 Å². The third kappa shape index (κ3) is 3.32. The van der Waals surface area contributed by atoms with Crippen molar-refractivity contribution in [1.82, 2.24) is 14.5 Å². The molecule has 2 N–H and O–H groups in total. The Labute approximate surface area is 170 Å². The molecule has 0 saturated heterocycles. The molecule has 0 fully saturated rings. The molecule has 1 aromatic carbocycles. The standard InChI is InChI=1S/C21H18F3N5O/c1-26-20(12-9-15(22)19(24)16(23)10-12)13-5-8-28(11-17(13)25)21(30)14-3-2-7-29-18(14)4-6-27-29/h2-4,6-7,9-10H,5,8,11,25H2,1H3. The molecular formula is C21H18F3N5O. The van der Waals surface area contributed by atoms with E-state index in [4.69, 9.17) is 5.73 Å². The van der Waals surface area contributed by atoms with Gasteiger partial charge in [0, 0.05) is 36.6 Å². The number of aromatic nitrogens is 2. The summed E-state index contributed by atoms with van der Waals surface area (Å²) in [6.07, 6.45) is 3.70. The average Bonchev–Trinajstić information content (AvgIpc) is 3.22. The molecule has 0 atom stereocenters. The first-order valence-electron chi connectivity index (χ1n) is 9.22. The van der Waals surface area contributed by atoms with Crippen LogP contribution in [0.15, 0.2) is 59.0 Å². The second kappa shape index (κ2) is 7.66. The van der Waals surface area contributed by atoms with Crippen molar-refractivity contribution in [2.45, 2.75) is 6.42 Å². The minimum atomic E-state index is -1.54. The normalized spacial score (nSPS) is 15.2. The van der Waals surface area contributed by atoms with Crippen LogP contribution < -0.4 is 5.73 Å². The molecule has 4 rings (SSSR count). The largest absolute Gasteiger partial charge is 0.400 e. The van der Waals surface area contributed by atoms with Crippen molar-refractivity contribution >= 4 is 17.1 Å². The predicted molar refractivity (Wildman–Crippen MR) is 106 cm³/mol. The van der Waals surface area contributed by atoms with Crippen molar-refractivity contribution in [2.75, 3.05) is 20.1 Å². The maximum Gasteiger partial charge on any atom is 0.256 e. The van der Waals surface area contributed by atoms with E-state index in [0.29, 0.717) is 35.3 Å². The number of aliphatic imine (C=N–C) groups is 1. The first-order chi connectivity index (χ1) is 14.4. The van der Waals surface area contributed by atoms with Gasteiger partial charge in [-0.15, -0.1) is 0 Å². The van der Waals surface area contributed by atoms with E-state index in [9.17, 15) is 18.0 Å². The second-order valence-electron chi connectivity index (χ2n) is 6.89. The van der Waals surface area contributed by atoms with Gasteiger partial charge in [0.05, 0.1) is 29.5 Å². The van der Waals surface area contributed by atoms with Crippen LogP contribution in [0.1, 0.15) is 22.3 Å². The second-order valence-corrected chi connectivity index (χ2v) is 6.89. The van der Waals surface area contributed by atoms with E-state index < -0.39 is 17.5 Å². The Morgan fingerprint density at radius 3 is 2.60 bits per heavy atom. The Morgan fingerprint density at radius 2 is 1.93 bits per heavy atom. The van der Waals surface area contributed by atoms with Gasteiger partial charge in [0.2, 0.25) is 0 Å². The molecule has 2 aromatic heterocycles. The Bertz CT molecular complexity index is 1190. The van der Waals surface area contributed by atoms with Gasteiger partial charge in [0.1, 0.15) is 0 Å². The SMILES string of the molecule is CN=C(C1=C(N)CN(C(=O)c2cccn3nccc23)CC1)c1cc(F)c(F)c(F)c1. The van der Waals surface area contributed by atoms with Gasteiger partial charge >= 0.3 is 0 Å². The molecule has 0 radical (unpaired) electrons. The van der Waals surface area contributed by atoms with Crippen molar-refractivity contribution in [3.05, 3.63) is 82.6 Å². The molecule has 1 amide bonds. The molecule has 1 aliphatic rings. The lowest BCUT2D eigenvalue weighted by Crippen LogP contribution is -2.40. The first-order valence-corrected chi connectivity index (χ1v) is 9.22. The highest BCUT2D eigenvalue weighted by molar-refractivity contribution is 6.13. The van der Waals surface area contributed by atoms with Crippen molar-refractivity contribution in [2.24, 2.45) is 10.7 Å². The average molecular weight is 413 g/mol. The fourth-order valence-corrected chi connectivity index (χ4v) is 3.67. The Hall–Kier alpha value is -3.62. The number of nitrogens with two attached hydrogens (primary N) is 1. The molecular weight excluding hydrogens is 395 g/mol. The molecule has 0 saturated carbocycles. The molecule has 9 heteroatoms. The summed E-state index contributed by atoms with van der Waals surface area (Å²) < 4.78 is 42.3.